The lowest BCUT2D eigenvalue weighted by Gasteiger charge is -1.96. The summed E-state index contributed by atoms with van der Waals surface area (Å²) in [6, 6.07) is 0. The number of halogens is 1. The number of imidazole rings is 1. The van der Waals surface area contributed by atoms with Gasteiger partial charge >= 0.3 is 5.97 Å². The highest BCUT2D eigenvalue weighted by molar-refractivity contribution is 14.1. The Morgan fingerprint density at radius 2 is 2.31 bits per heavy atom. The summed E-state index contributed by atoms with van der Waals surface area (Å²) in [5, 5.41) is 8.77. The van der Waals surface area contributed by atoms with Crippen LogP contribution in [0.15, 0.2) is 18.6 Å². The van der Waals surface area contributed by atoms with Crippen molar-refractivity contribution in [3.8, 4) is 0 Å². The van der Waals surface area contributed by atoms with E-state index >= 15 is 0 Å². The third-order valence-electron chi connectivity index (χ3n) is 1.59. The average molecular weight is 289 g/mol. The Balaban J connectivity index is 2.84. The van der Waals surface area contributed by atoms with Crippen LogP contribution in [-0.4, -0.2) is 25.4 Å². The minimum absolute atomic E-state index is 0.0228. The summed E-state index contributed by atoms with van der Waals surface area (Å²) in [5.41, 5.74) is 0.352. The van der Waals surface area contributed by atoms with Gasteiger partial charge in [0.2, 0.25) is 0 Å². The van der Waals surface area contributed by atoms with Crippen LogP contribution in [0.25, 0.3) is 5.65 Å². The van der Waals surface area contributed by atoms with Crippen molar-refractivity contribution in [2.75, 3.05) is 0 Å². The Bertz CT molecular complexity index is 480. The molecule has 0 radical (unpaired) electrons. The molecule has 0 aromatic carbocycles. The Kier molecular flexibility index (Phi) is 1.91. The molecular weight excluding hydrogens is 285 g/mol. The highest BCUT2D eigenvalue weighted by Gasteiger charge is 2.12. The molecule has 1 N–H and O–H groups in total. The molecule has 2 rings (SSSR count). The first kappa shape index (κ1) is 8.42. The number of aromatic nitrogens is 3. The van der Waals surface area contributed by atoms with Crippen molar-refractivity contribution < 1.29 is 9.90 Å². The third-order valence-corrected chi connectivity index (χ3v) is 2.38. The molecule has 5 nitrogen and oxygen atoms in total. The van der Waals surface area contributed by atoms with Gasteiger partial charge in [-0.15, -0.1) is 0 Å². The molecule has 0 spiro atoms. The van der Waals surface area contributed by atoms with Gasteiger partial charge in [0.1, 0.15) is 3.70 Å². The number of rotatable bonds is 1. The van der Waals surface area contributed by atoms with Crippen LogP contribution in [0.1, 0.15) is 10.5 Å². The van der Waals surface area contributed by atoms with Crippen LogP contribution < -0.4 is 0 Å². The van der Waals surface area contributed by atoms with Gasteiger partial charge in [0.05, 0.1) is 6.20 Å². The van der Waals surface area contributed by atoms with Crippen LogP contribution in [0.3, 0.4) is 0 Å². The van der Waals surface area contributed by atoms with Crippen molar-refractivity contribution in [2.45, 2.75) is 0 Å². The normalized spacial score (nSPS) is 10.5. The SMILES string of the molecule is O=C(O)c1nccn2c(I)cnc12. The van der Waals surface area contributed by atoms with Gasteiger partial charge in [-0.3, -0.25) is 4.40 Å². The molecule has 0 amide bonds. The van der Waals surface area contributed by atoms with Gasteiger partial charge in [0, 0.05) is 12.4 Å². The number of aromatic carboxylic acids is 1. The fraction of sp³-hybridized carbons (Fsp3) is 0. The van der Waals surface area contributed by atoms with Crippen LogP contribution in [0, 0.1) is 3.70 Å². The molecule has 0 saturated heterocycles. The van der Waals surface area contributed by atoms with Gasteiger partial charge in [0.15, 0.2) is 11.3 Å². The Labute approximate surface area is 86.6 Å². The molecule has 66 valence electrons. The summed E-state index contributed by atoms with van der Waals surface area (Å²) < 4.78 is 2.54. The predicted molar refractivity (Wildman–Crippen MR) is 52.7 cm³/mol. The average Bonchev–Trinajstić information content (AvgIpc) is 2.48. The molecule has 0 saturated carbocycles. The van der Waals surface area contributed by atoms with Crippen molar-refractivity contribution in [3.63, 3.8) is 0 Å². The number of hydrogen-bond donors (Lipinski definition) is 1. The number of carboxylic acids is 1. The second kappa shape index (κ2) is 2.95. The van der Waals surface area contributed by atoms with E-state index in [4.69, 9.17) is 5.11 Å². The fourth-order valence-corrected chi connectivity index (χ4v) is 1.57. The zero-order valence-electron chi connectivity index (χ0n) is 6.31. The van der Waals surface area contributed by atoms with Crippen LogP contribution in [0.2, 0.25) is 0 Å². The summed E-state index contributed by atoms with van der Waals surface area (Å²) >= 11 is 2.07. The van der Waals surface area contributed by atoms with E-state index in [0.717, 1.165) is 3.70 Å². The minimum atomic E-state index is -1.06. The first-order valence-electron chi connectivity index (χ1n) is 3.41. The lowest BCUT2D eigenvalue weighted by atomic mass is 10.4. The van der Waals surface area contributed by atoms with Gasteiger partial charge in [-0.2, -0.15) is 0 Å². The smallest absolute Gasteiger partial charge is 0.358 e. The van der Waals surface area contributed by atoms with Gasteiger partial charge in [-0.05, 0) is 22.6 Å². The highest BCUT2D eigenvalue weighted by atomic mass is 127. The summed E-state index contributed by atoms with van der Waals surface area (Å²) in [4.78, 5) is 18.4. The lowest BCUT2D eigenvalue weighted by molar-refractivity contribution is 0.0692. The maximum absolute atomic E-state index is 10.7. The quantitative estimate of drug-likeness (QED) is 0.796. The van der Waals surface area contributed by atoms with Gasteiger partial charge in [-0.1, -0.05) is 0 Å². The topological polar surface area (TPSA) is 67.5 Å². The molecule has 2 heterocycles. The summed E-state index contributed by atoms with van der Waals surface area (Å²) in [6.45, 7) is 0. The van der Waals surface area contributed by atoms with Gasteiger partial charge in [0.25, 0.3) is 0 Å². The van der Waals surface area contributed by atoms with Crippen molar-refractivity contribution in [1.82, 2.24) is 14.4 Å². The first-order chi connectivity index (χ1) is 6.20. The number of hydrogen-bond acceptors (Lipinski definition) is 3. The number of nitrogens with zero attached hydrogens (tertiary/aromatic N) is 3. The molecule has 0 unspecified atom stereocenters. The van der Waals surface area contributed by atoms with E-state index in [1.165, 1.54) is 6.20 Å². The van der Waals surface area contributed by atoms with E-state index in [2.05, 4.69) is 32.6 Å². The van der Waals surface area contributed by atoms with E-state index in [1.807, 2.05) is 0 Å². The number of fused-ring (bicyclic) bond motifs is 1. The summed E-state index contributed by atoms with van der Waals surface area (Å²) in [5.74, 6) is -1.06. The second-order valence-corrected chi connectivity index (χ2v) is 3.46. The van der Waals surface area contributed by atoms with Crippen LogP contribution >= 0.6 is 22.6 Å². The van der Waals surface area contributed by atoms with Crippen LogP contribution in [-0.2, 0) is 0 Å². The second-order valence-electron chi connectivity index (χ2n) is 2.36. The first-order valence-corrected chi connectivity index (χ1v) is 4.49. The van der Waals surface area contributed by atoms with Crippen molar-refractivity contribution >= 4 is 34.2 Å². The molecule has 13 heavy (non-hydrogen) atoms. The summed E-state index contributed by atoms with van der Waals surface area (Å²) in [6.07, 6.45) is 4.72. The number of carboxylic acid groups (broad SMARTS) is 1. The fourth-order valence-electron chi connectivity index (χ4n) is 1.04. The largest absolute Gasteiger partial charge is 0.476 e. The van der Waals surface area contributed by atoms with Gasteiger partial charge < -0.3 is 5.11 Å². The molecule has 6 heteroatoms. The van der Waals surface area contributed by atoms with Crippen molar-refractivity contribution in [1.29, 1.82) is 0 Å². The van der Waals surface area contributed by atoms with Crippen LogP contribution in [0.4, 0.5) is 0 Å². The highest BCUT2D eigenvalue weighted by Crippen LogP contribution is 2.10. The Morgan fingerprint density at radius 3 is 3.00 bits per heavy atom. The van der Waals surface area contributed by atoms with E-state index < -0.39 is 5.97 Å². The molecule has 0 aliphatic heterocycles. The Hall–Kier alpha value is -1.18. The minimum Gasteiger partial charge on any atom is -0.476 e. The maximum Gasteiger partial charge on any atom is 0.358 e. The number of carbonyl (C=O) groups is 1. The maximum atomic E-state index is 10.7. The van der Waals surface area contributed by atoms with Gasteiger partial charge in [-0.25, -0.2) is 14.8 Å². The van der Waals surface area contributed by atoms with Crippen molar-refractivity contribution in [2.24, 2.45) is 0 Å². The molecule has 2 aromatic rings. The molecule has 0 aliphatic rings. The standard InChI is InChI=1S/C7H4IN3O2/c8-4-3-10-6-5(7(12)13)9-1-2-11(4)6/h1-3H,(H,12,13). The van der Waals surface area contributed by atoms with E-state index in [1.54, 1.807) is 16.8 Å². The zero-order chi connectivity index (χ0) is 9.42. The van der Waals surface area contributed by atoms with E-state index in [9.17, 15) is 4.79 Å². The Morgan fingerprint density at radius 1 is 1.54 bits per heavy atom. The predicted octanol–water partition coefficient (Wildman–Crippen LogP) is 1.03. The van der Waals surface area contributed by atoms with Crippen LogP contribution in [0.5, 0.6) is 0 Å². The molecule has 2 aromatic heterocycles. The molecule has 0 bridgehead atoms. The molecule has 0 aliphatic carbocycles. The lowest BCUT2D eigenvalue weighted by Crippen LogP contribution is -2.04. The van der Waals surface area contributed by atoms with E-state index in [0.29, 0.717) is 5.65 Å². The molecule has 0 fully saturated rings. The summed E-state index contributed by atoms with van der Waals surface area (Å²) in [7, 11) is 0. The zero-order valence-corrected chi connectivity index (χ0v) is 8.46. The molecular formula is C7H4IN3O2. The van der Waals surface area contributed by atoms with Crippen molar-refractivity contribution in [3.05, 3.63) is 28.0 Å². The monoisotopic (exact) mass is 289 g/mol. The third kappa shape index (κ3) is 1.26. The van der Waals surface area contributed by atoms with E-state index in [-0.39, 0.29) is 5.69 Å². The molecule has 0 atom stereocenters.